The fourth-order valence-corrected chi connectivity index (χ4v) is 6.03. The van der Waals surface area contributed by atoms with E-state index < -0.39 is 0 Å². The normalized spacial score (nSPS) is 22.4. The van der Waals surface area contributed by atoms with Gasteiger partial charge in [-0.3, -0.25) is 4.79 Å². The van der Waals surface area contributed by atoms with Crippen molar-refractivity contribution in [3.05, 3.63) is 132 Å². The molecule has 0 amide bonds. The second-order valence-electron chi connectivity index (χ2n) is 13.8. The molecule has 0 radical (unpaired) electrons. The van der Waals surface area contributed by atoms with Gasteiger partial charge < -0.3 is 9.80 Å². The summed E-state index contributed by atoms with van der Waals surface area (Å²) in [6.07, 6.45) is 24.5. The van der Waals surface area contributed by atoms with Crippen molar-refractivity contribution < 1.29 is 4.79 Å². The van der Waals surface area contributed by atoms with Gasteiger partial charge in [-0.1, -0.05) is 111 Å². The van der Waals surface area contributed by atoms with Crippen LogP contribution in [0, 0.1) is 10.8 Å². The van der Waals surface area contributed by atoms with E-state index in [1.165, 1.54) is 12.8 Å². The lowest BCUT2D eigenvalue weighted by atomic mass is 9.77. The average Bonchev–Trinajstić information content (AvgIpc) is 3.01. The van der Waals surface area contributed by atoms with Crippen molar-refractivity contribution in [2.75, 3.05) is 41.3 Å². The molecule has 0 bridgehead atoms. The summed E-state index contributed by atoms with van der Waals surface area (Å²) in [7, 11) is 8.53. The van der Waals surface area contributed by atoms with Gasteiger partial charge in [0.25, 0.3) is 0 Å². The zero-order chi connectivity index (χ0) is 31.6. The van der Waals surface area contributed by atoms with Crippen LogP contribution in [0.1, 0.15) is 63.5 Å². The molecule has 2 aliphatic carbocycles. The molecule has 4 rings (SSSR count). The summed E-state index contributed by atoms with van der Waals surface area (Å²) in [6, 6.07) is 20.2. The number of Topliss-reactive ketones (excluding diaryl/α,β-unsaturated/α-hetero) is 1. The van der Waals surface area contributed by atoms with E-state index in [-0.39, 0.29) is 16.6 Å². The molecule has 2 aliphatic rings. The molecule has 0 heterocycles. The molecule has 0 N–H and O–H groups in total. The van der Waals surface area contributed by atoms with Crippen LogP contribution in [0.4, 0.5) is 0 Å². The van der Waals surface area contributed by atoms with Crippen molar-refractivity contribution in [3.8, 4) is 0 Å². The van der Waals surface area contributed by atoms with Crippen molar-refractivity contribution in [1.82, 2.24) is 9.80 Å². The highest BCUT2D eigenvalue weighted by atomic mass is 16.1. The molecule has 44 heavy (non-hydrogen) atoms. The maximum Gasteiger partial charge on any atom is 0.194 e. The zero-order valence-corrected chi connectivity index (χ0v) is 27.9. The fraction of sp³-hybridized carbons (Fsp3) is 0.390. The average molecular weight is 589 g/mol. The largest absolute Gasteiger partial charge is 0.309 e. The molecule has 0 aliphatic heterocycles. The third-order valence-electron chi connectivity index (χ3n) is 8.95. The van der Waals surface area contributed by atoms with Gasteiger partial charge in [0.15, 0.2) is 5.78 Å². The number of hydrogen-bond donors (Lipinski definition) is 0. The quantitative estimate of drug-likeness (QED) is 0.206. The van der Waals surface area contributed by atoms with Gasteiger partial charge in [-0.05, 0) is 125 Å². The van der Waals surface area contributed by atoms with E-state index in [0.717, 1.165) is 72.2 Å². The molecule has 0 fully saturated rings. The van der Waals surface area contributed by atoms with Crippen LogP contribution in [0.5, 0.6) is 0 Å². The topological polar surface area (TPSA) is 23.6 Å². The smallest absolute Gasteiger partial charge is 0.194 e. The first-order valence-corrected chi connectivity index (χ1v) is 16.2. The van der Waals surface area contributed by atoms with Gasteiger partial charge in [-0.2, -0.15) is 0 Å². The van der Waals surface area contributed by atoms with Crippen molar-refractivity contribution in [3.63, 3.8) is 0 Å². The van der Waals surface area contributed by atoms with E-state index in [0.29, 0.717) is 0 Å². The van der Waals surface area contributed by atoms with Crippen LogP contribution in [0.25, 0.3) is 11.1 Å². The second-order valence-corrected chi connectivity index (χ2v) is 13.8. The first kappa shape index (κ1) is 33.4. The standard InChI is InChI=1S/C41H52N2O/c1-40(23-13-29-42(3)4)25-19-33(20-26-40)31-37(35-15-9-7-10-16-35)39(44)38(36-17-11-8-12-18-36)32-34-21-27-41(2,28-22-34)24-14-30-43(5)6/h7-12,15-22,25,27,31-32H,13-14,23-24,26,28-30H2,1-6H3. The van der Waals surface area contributed by atoms with E-state index in [4.69, 9.17) is 0 Å². The number of carbonyl (C=O) groups excluding carboxylic acids is 1. The minimum Gasteiger partial charge on any atom is -0.309 e. The Hall–Kier alpha value is -3.53. The van der Waals surface area contributed by atoms with E-state index >= 15 is 0 Å². The highest BCUT2D eigenvalue weighted by molar-refractivity contribution is 6.42. The number of rotatable bonds is 14. The Morgan fingerprint density at radius 1 is 0.659 bits per heavy atom. The van der Waals surface area contributed by atoms with E-state index in [2.05, 4.69) is 100 Å². The van der Waals surface area contributed by atoms with Gasteiger partial charge in [-0.15, -0.1) is 0 Å². The Morgan fingerprint density at radius 2 is 1.05 bits per heavy atom. The zero-order valence-electron chi connectivity index (χ0n) is 27.9. The van der Waals surface area contributed by atoms with Crippen LogP contribution in [0.2, 0.25) is 0 Å². The second kappa shape index (κ2) is 15.5. The number of ketones is 1. The predicted molar refractivity (Wildman–Crippen MR) is 189 cm³/mol. The molecule has 2 unspecified atom stereocenters. The van der Waals surface area contributed by atoms with E-state index in [9.17, 15) is 4.79 Å². The Labute approximate surface area is 267 Å². The summed E-state index contributed by atoms with van der Waals surface area (Å²) < 4.78 is 0. The molecule has 3 heteroatoms. The minimum absolute atomic E-state index is 0.0460. The van der Waals surface area contributed by atoms with Gasteiger partial charge in [0.2, 0.25) is 0 Å². The molecule has 0 saturated carbocycles. The van der Waals surface area contributed by atoms with Gasteiger partial charge in [-0.25, -0.2) is 0 Å². The Balaban J connectivity index is 1.64. The molecule has 0 saturated heterocycles. The lowest BCUT2D eigenvalue weighted by Gasteiger charge is -2.28. The molecular weight excluding hydrogens is 536 g/mol. The highest BCUT2D eigenvalue weighted by Crippen LogP contribution is 2.37. The highest BCUT2D eigenvalue weighted by Gasteiger charge is 2.25. The third-order valence-corrected chi connectivity index (χ3v) is 8.95. The van der Waals surface area contributed by atoms with Crippen molar-refractivity contribution in [1.29, 1.82) is 0 Å². The first-order chi connectivity index (χ1) is 21.1. The maximum atomic E-state index is 14.6. The molecule has 0 aromatic heterocycles. The Kier molecular flexibility index (Phi) is 11.7. The molecule has 2 aromatic carbocycles. The molecule has 2 aromatic rings. The lowest BCUT2D eigenvalue weighted by molar-refractivity contribution is -0.108. The number of benzene rings is 2. The lowest BCUT2D eigenvalue weighted by Crippen LogP contribution is -2.19. The number of nitrogens with zero attached hydrogens (tertiary/aromatic N) is 2. The number of hydrogen-bond acceptors (Lipinski definition) is 3. The first-order valence-electron chi connectivity index (χ1n) is 16.2. The summed E-state index contributed by atoms with van der Waals surface area (Å²) in [5.74, 6) is 0.0460. The molecular formula is C41H52N2O. The summed E-state index contributed by atoms with van der Waals surface area (Å²) in [4.78, 5) is 19.1. The summed E-state index contributed by atoms with van der Waals surface area (Å²) >= 11 is 0. The van der Waals surface area contributed by atoms with Crippen LogP contribution < -0.4 is 0 Å². The maximum absolute atomic E-state index is 14.6. The molecule has 2 atom stereocenters. The molecule has 3 nitrogen and oxygen atoms in total. The van der Waals surface area contributed by atoms with Gasteiger partial charge in [0.1, 0.15) is 0 Å². The van der Waals surface area contributed by atoms with Gasteiger partial charge in [0.05, 0.1) is 0 Å². The predicted octanol–water partition coefficient (Wildman–Crippen LogP) is 9.19. The monoisotopic (exact) mass is 588 g/mol. The van der Waals surface area contributed by atoms with Gasteiger partial charge >= 0.3 is 0 Å². The molecule has 232 valence electrons. The summed E-state index contributed by atoms with van der Waals surface area (Å²) in [5.41, 5.74) is 5.83. The van der Waals surface area contributed by atoms with Crippen LogP contribution in [-0.4, -0.2) is 56.9 Å². The Bertz CT molecular complexity index is 1330. The third kappa shape index (κ3) is 9.74. The van der Waals surface area contributed by atoms with Crippen LogP contribution in [-0.2, 0) is 4.79 Å². The van der Waals surface area contributed by atoms with Gasteiger partial charge in [0, 0.05) is 11.1 Å². The van der Waals surface area contributed by atoms with E-state index in [1.54, 1.807) is 0 Å². The van der Waals surface area contributed by atoms with Crippen molar-refractivity contribution >= 4 is 16.9 Å². The fourth-order valence-electron chi connectivity index (χ4n) is 6.03. The Morgan fingerprint density at radius 3 is 1.36 bits per heavy atom. The van der Waals surface area contributed by atoms with Crippen LogP contribution >= 0.6 is 0 Å². The molecule has 0 spiro atoms. The number of allylic oxidation sites excluding steroid dienone is 12. The summed E-state index contributed by atoms with van der Waals surface area (Å²) in [5, 5.41) is 0. The summed E-state index contributed by atoms with van der Waals surface area (Å²) in [6.45, 7) is 6.88. The minimum atomic E-state index is 0.0460. The van der Waals surface area contributed by atoms with Crippen molar-refractivity contribution in [2.45, 2.75) is 52.4 Å². The van der Waals surface area contributed by atoms with Crippen LogP contribution in [0.15, 0.2) is 120 Å². The van der Waals surface area contributed by atoms with E-state index in [1.807, 2.05) is 60.7 Å². The SMILES string of the molecule is CN(C)CCCC1(C)C=CC(C=C(C(=O)C(=CC2=CCC(C)(CCCN(C)C)C=C2)c2ccccc2)c2ccccc2)=CC1. The number of carbonyl (C=O) groups is 1. The van der Waals surface area contributed by atoms with Crippen molar-refractivity contribution in [2.24, 2.45) is 10.8 Å². The van der Waals surface area contributed by atoms with Crippen LogP contribution in [0.3, 0.4) is 0 Å².